The third-order valence-corrected chi connectivity index (χ3v) is 3.81. The largest absolute Gasteiger partial charge is 0.469 e. The Balaban J connectivity index is 1.44. The fraction of sp³-hybridized carbons (Fsp3) is 0.353. The molecule has 2 unspecified atom stereocenters. The van der Waals surface area contributed by atoms with Crippen LogP contribution in [0, 0.1) is 0 Å². The van der Waals surface area contributed by atoms with Crippen molar-refractivity contribution in [2.24, 2.45) is 4.99 Å². The number of nitrogens with zero attached hydrogens (tertiary/aromatic N) is 1. The lowest BCUT2D eigenvalue weighted by atomic mass is 10.1. The van der Waals surface area contributed by atoms with Gasteiger partial charge < -0.3 is 15.1 Å². The van der Waals surface area contributed by atoms with E-state index >= 15 is 0 Å². The van der Waals surface area contributed by atoms with E-state index in [1.807, 2.05) is 19.2 Å². The van der Waals surface area contributed by atoms with Crippen molar-refractivity contribution in [2.75, 3.05) is 13.6 Å². The lowest BCUT2D eigenvalue weighted by Crippen LogP contribution is -2.39. The third kappa shape index (κ3) is 3.66. The highest BCUT2D eigenvalue weighted by molar-refractivity contribution is 5.80. The summed E-state index contributed by atoms with van der Waals surface area (Å²) in [7, 11) is 1.81. The normalized spacial score (nSPS) is 21.1. The Morgan fingerprint density at radius 1 is 1.24 bits per heavy atom. The quantitative estimate of drug-likeness (QED) is 0.655. The molecule has 21 heavy (non-hydrogen) atoms. The average Bonchev–Trinajstić information content (AvgIpc) is 3.10. The van der Waals surface area contributed by atoms with Crippen LogP contribution in [0.3, 0.4) is 0 Å². The second kappa shape index (κ2) is 6.48. The molecule has 1 aliphatic rings. The van der Waals surface area contributed by atoms with Gasteiger partial charge in [0.1, 0.15) is 5.76 Å². The Hall–Kier alpha value is -2.23. The summed E-state index contributed by atoms with van der Waals surface area (Å²) in [5.74, 6) is 2.46. The minimum atomic E-state index is 0.488. The maximum atomic E-state index is 5.32. The van der Waals surface area contributed by atoms with Crippen LogP contribution in [-0.2, 0) is 6.42 Å². The first-order valence-electron chi connectivity index (χ1n) is 7.41. The van der Waals surface area contributed by atoms with Crippen LogP contribution in [0.5, 0.6) is 0 Å². The van der Waals surface area contributed by atoms with Gasteiger partial charge in [-0.15, -0.1) is 0 Å². The standard InChI is InChI=1S/C17H21N3O/c1-18-17(19-10-9-14-8-5-11-21-14)20-16-12-15(16)13-6-3-2-4-7-13/h2-8,11,15-16H,9-10,12H2,1H3,(H2,18,19,20). The van der Waals surface area contributed by atoms with Crippen LogP contribution < -0.4 is 10.6 Å². The van der Waals surface area contributed by atoms with E-state index in [1.54, 1.807) is 6.26 Å². The van der Waals surface area contributed by atoms with Crippen LogP contribution in [0.2, 0.25) is 0 Å². The van der Waals surface area contributed by atoms with Gasteiger partial charge in [-0.3, -0.25) is 4.99 Å². The Bertz CT molecular complexity index is 577. The highest BCUT2D eigenvalue weighted by Crippen LogP contribution is 2.40. The number of aliphatic imine (C=N–C) groups is 1. The number of furan rings is 1. The SMILES string of the molecule is CN=C(NCCc1ccco1)NC1CC1c1ccccc1. The minimum Gasteiger partial charge on any atom is -0.469 e. The Morgan fingerprint density at radius 2 is 2.10 bits per heavy atom. The molecule has 0 amide bonds. The average molecular weight is 283 g/mol. The highest BCUT2D eigenvalue weighted by atomic mass is 16.3. The number of guanidine groups is 1. The lowest BCUT2D eigenvalue weighted by molar-refractivity contribution is 0.506. The number of hydrogen-bond acceptors (Lipinski definition) is 2. The second-order valence-electron chi connectivity index (χ2n) is 5.33. The number of rotatable bonds is 5. The van der Waals surface area contributed by atoms with Gasteiger partial charge in [-0.2, -0.15) is 0 Å². The number of hydrogen-bond donors (Lipinski definition) is 2. The summed E-state index contributed by atoms with van der Waals surface area (Å²) in [4.78, 5) is 4.28. The summed E-state index contributed by atoms with van der Waals surface area (Å²) in [5.41, 5.74) is 1.40. The summed E-state index contributed by atoms with van der Waals surface area (Å²) < 4.78 is 5.32. The maximum Gasteiger partial charge on any atom is 0.191 e. The summed E-state index contributed by atoms with van der Waals surface area (Å²) in [6, 6.07) is 15.0. The molecule has 0 spiro atoms. The van der Waals surface area contributed by atoms with E-state index in [0.717, 1.165) is 24.7 Å². The fourth-order valence-corrected chi connectivity index (χ4v) is 2.55. The molecule has 0 radical (unpaired) electrons. The van der Waals surface area contributed by atoms with Gasteiger partial charge in [0, 0.05) is 32.0 Å². The van der Waals surface area contributed by atoms with Crippen molar-refractivity contribution < 1.29 is 4.42 Å². The van der Waals surface area contributed by atoms with E-state index < -0.39 is 0 Å². The van der Waals surface area contributed by atoms with Crippen molar-refractivity contribution in [2.45, 2.75) is 24.8 Å². The van der Waals surface area contributed by atoms with Crippen molar-refractivity contribution in [3.63, 3.8) is 0 Å². The summed E-state index contributed by atoms with van der Waals surface area (Å²) in [6.07, 6.45) is 3.74. The van der Waals surface area contributed by atoms with Gasteiger partial charge in [-0.1, -0.05) is 30.3 Å². The molecule has 2 N–H and O–H groups in total. The molecule has 0 bridgehead atoms. The van der Waals surface area contributed by atoms with Crippen molar-refractivity contribution in [1.82, 2.24) is 10.6 Å². The molecule has 4 heteroatoms. The van der Waals surface area contributed by atoms with Crippen LogP contribution in [0.1, 0.15) is 23.7 Å². The van der Waals surface area contributed by atoms with Crippen molar-refractivity contribution in [3.8, 4) is 0 Å². The molecule has 110 valence electrons. The Morgan fingerprint density at radius 3 is 2.81 bits per heavy atom. The predicted molar refractivity (Wildman–Crippen MR) is 84.5 cm³/mol. The monoisotopic (exact) mass is 283 g/mol. The number of benzene rings is 1. The first-order valence-corrected chi connectivity index (χ1v) is 7.41. The summed E-state index contributed by atoms with van der Waals surface area (Å²) in [5, 5.41) is 6.81. The molecule has 4 nitrogen and oxygen atoms in total. The molecule has 0 saturated heterocycles. The fourth-order valence-electron chi connectivity index (χ4n) is 2.55. The van der Waals surface area contributed by atoms with E-state index in [9.17, 15) is 0 Å². The molecule has 1 aliphatic carbocycles. The van der Waals surface area contributed by atoms with E-state index in [-0.39, 0.29) is 0 Å². The van der Waals surface area contributed by atoms with Gasteiger partial charge in [0.2, 0.25) is 0 Å². The topological polar surface area (TPSA) is 49.6 Å². The molecule has 2 atom stereocenters. The summed E-state index contributed by atoms with van der Waals surface area (Å²) in [6.45, 7) is 0.815. The van der Waals surface area contributed by atoms with Crippen LogP contribution in [0.4, 0.5) is 0 Å². The molecule has 3 rings (SSSR count). The maximum absolute atomic E-state index is 5.32. The second-order valence-corrected chi connectivity index (χ2v) is 5.33. The molecule has 2 aromatic rings. The smallest absolute Gasteiger partial charge is 0.191 e. The molecule has 1 fully saturated rings. The van der Waals surface area contributed by atoms with E-state index in [0.29, 0.717) is 12.0 Å². The van der Waals surface area contributed by atoms with Gasteiger partial charge in [0.25, 0.3) is 0 Å². The van der Waals surface area contributed by atoms with Gasteiger partial charge in [0.05, 0.1) is 6.26 Å². The zero-order chi connectivity index (χ0) is 14.5. The number of nitrogens with one attached hydrogen (secondary N) is 2. The van der Waals surface area contributed by atoms with E-state index in [1.165, 1.54) is 12.0 Å². The van der Waals surface area contributed by atoms with Crippen molar-refractivity contribution in [3.05, 3.63) is 60.1 Å². The van der Waals surface area contributed by atoms with Crippen molar-refractivity contribution >= 4 is 5.96 Å². The van der Waals surface area contributed by atoms with Crippen LogP contribution in [0.25, 0.3) is 0 Å². The molecule has 1 saturated carbocycles. The molecular formula is C17H21N3O. The molecule has 1 aromatic carbocycles. The van der Waals surface area contributed by atoms with Gasteiger partial charge in [0.15, 0.2) is 5.96 Å². The summed E-state index contributed by atoms with van der Waals surface area (Å²) >= 11 is 0. The minimum absolute atomic E-state index is 0.488. The molecular weight excluding hydrogens is 262 g/mol. The zero-order valence-corrected chi connectivity index (χ0v) is 12.3. The highest BCUT2D eigenvalue weighted by Gasteiger charge is 2.38. The van der Waals surface area contributed by atoms with E-state index in [2.05, 4.69) is 46.0 Å². The lowest BCUT2D eigenvalue weighted by Gasteiger charge is -2.11. The Kier molecular flexibility index (Phi) is 4.24. The molecule has 0 aliphatic heterocycles. The Labute approximate surface area is 125 Å². The van der Waals surface area contributed by atoms with E-state index in [4.69, 9.17) is 4.42 Å². The first kappa shape index (κ1) is 13.7. The van der Waals surface area contributed by atoms with Crippen molar-refractivity contribution in [1.29, 1.82) is 0 Å². The van der Waals surface area contributed by atoms with Gasteiger partial charge >= 0.3 is 0 Å². The van der Waals surface area contributed by atoms with Crippen LogP contribution in [-0.4, -0.2) is 25.6 Å². The molecule has 1 heterocycles. The zero-order valence-electron chi connectivity index (χ0n) is 12.3. The van der Waals surface area contributed by atoms with Gasteiger partial charge in [-0.25, -0.2) is 0 Å². The first-order chi connectivity index (χ1) is 10.4. The third-order valence-electron chi connectivity index (χ3n) is 3.81. The molecule has 1 aromatic heterocycles. The predicted octanol–water partition coefficient (Wildman–Crippen LogP) is 2.54. The van der Waals surface area contributed by atoms with Crippen LogP contribution in [0.15, 0.2) is 58.1 Å². The van der Waals surface area contributed by atoms with Crippen LogP contribution >= 0.6 is 0 Å². The van der Waals surface area contributed by atoms with Gasteiger partial charge in [-0.05, 0) is 24.1 Å².